The van der Waals surface area contributed by atoms with E-state index in [-0.39, 0.29) is 30.2 Å². The minimum atomic E-state index is -0.338. The Morgan fingerprint density at radius 3 is 2.59 bits per heavy atom. The van der Waals surface area contributed by atoms with Crippen LogP contribution in [0.3, 0.4) is 0 Å². The van der Waals surface area contributed by atoms with E-state index in [1.165, 1.54) is 13.2 Å². The van der Waals surface area contributed by atoms with Crippen molar-refractivity contribution in [2.45, 2.75) is 18.9 Å². The van der Waals surface area contributed by atoms with Gasteiger partial charge in [-0.1, -0.05) is 23.2 Å². The van der Waals surface area contributed by atoms with Gasteiger partial charge in [0.2, 0.25) is 5.91 Å². The molecule has 1 aromatic carbocycles. The molecule has 0 unspecified atom stereocenters. The van der Waals surface area contributed by atoms with Crippen molar-refractivity contribution in [3.05, 3.63) is 27.7 Å². The Bertz CT molecular complexity index is 546. The number of piperidine rings is 1. The summed E-state index contributed by atoms with van der Waals surface area (Å²) < 4.78 is 4.86. The maximum Gasteiger partial charge on any atom is 0.248 e. The van der Waals surface area contributed by atoms with Gasteiger partial charge in [-0.2, -0.15) is 0 Å². The molecule has 122 valence electrons. The third-order valence-electron chi connectivity index (χ3n) is 4.10. The first kappa shape index (κ1) is 17.3. The zero-order chi connectivity index (χ0) is 16.3. The highest BCUT2D eigenvalue weighted by Crippen LogP contribution is 2.37. The Labute approximate surface area is 139 Å². The average molecular weight is 347 g/mol. The monoisotopic (exact) mass is 346 g/mol. The number of hydrogen-bond donors (Lipinski definition) is 2. The number of likely N-dealkylation sites (tertiary alicyclic amines) is 1. The van der Waals surface area contributed by atoms with Gasteiger partial charge in [-0.3, -0.25) is 4.79 Å². The number of hydrogen-bond acceptors (Lipinski definition) is 4. The van der Waals surface area contributed by atoms with E-state index in [1.54, 1.807) is 11.0 Å². The molecule has 1 amide bonds. The van der Waals surface area contributed by atoms with Crippen molar-refractivity contribution >= 4 is 29.1 Å². The van der Waals surface area contributed by atoms with Crippen LogP contribution in [0, 0.1) is 5.92 Å². The summed E-state index contributed by atoms with van der Waals surface area (Å²) in [6, 6.07) is 2.69. The summed E-state index contributed by atoms with van der Waals surface area (Å²) in [5.74, 6) is 0.224. The van der Waals surface area contributed by atoms with Crippen LogP contribution in [0.4, 0.5) is 0 Å². The molecule has 5 nitrogen and oxygen atoms in total. The summed E-state index contributed by atoms with van der Waals surface area (Å²) in [4.78, 5) is 13.6. The number of nitrogens with zero attached hydrogens (tertiary/aromatic N) is 1. The molecule has 7 heteroatoms. The Balaban J connectivity index is 2.02. The molecular formula is C15H20Cl2N2O3. The van der Waals surface area contributed by atoms with Crippen molar-refractivity contribution in [1.29, 1.82) is 0 Å². The fourth-order valence-electron chi connectivity index (χ4n) is 2.80. The molecule has 22 heavy (non-hydrogen) atoms. The van der Waals surface area contributed by atoms with Gasteiger partial charge in [-0.25, -0.2) is 0 Å². The number of aromatic hydroxyl groups is 1. The van der Waals surface area contributed by atoms with E-state index in [4.69, 9.17) is 33.7 Å². The quantitative estimate of drug-likeness (QED) is 0.878. The highest BCUT2D eigenvalue weighted by Gasteiger charge is 2.28. The standard InChI is InChI=1S/C15H20Cl2N2O3/c1-22-8-14(21)19-4-2-9(3-5-19)15(18)10-6-11(16)12(17)7-13(10)20/h6-7,9,15,20H,2-5,8,18H2,1H3/t15-/m1/s1. The predicted molar refractivity (Wildman–Crippen MR) is 86.2 cm³/mol. The molecule has 1 aliphatic heterocycles. The van der Waals surface area contributed by atoms with Crippen LogP contribution >= 0.6 is 23.2 Å². The number of halogens is 2. The van der Waals surface area contributed by atoms with Gasteiger partial charge in [0.1, 0.15) is 12.4 Å². The van der Waals surface area contributed by atoms with Crippen molar-refractivity contribution in [2.24, 2.45) is 11.7 Å². The fourth-order valence-corrected chi connectivity index (χ4v) is 3.13. The second-order valence-corrected chi connectivity index (χ2v) is 6.32. The summed E-state index contributed by atoms with van der Waals surface area (Å²) >= 11 is 11.9. The number of amides is 1. The van der Waals surface area contributed by atoms with Crippen LogP contribution in [0.15, 0.2) is 12.1 Å². The second-order valence-electron chi connectivity index (χ2n) is 5.50. The van der Waals surface area contributed by atoms with Gasteiger partial charge >= 0.3 is 0 Å². The lowest BCUT2D eigenvalue weighted by Gasteiger charge is -2.35. The molecular weight excluding hydrogens is 327 g/mol. The number of phenolic OH excluding ortho intramolecular Hbond substituents is 1. The van der Waals surface area contributed by atoms with Crippen LogP contribution in [0.1, 0.15) is 24.4 Å². The van der Waals surface area contributed by atoms with Crippen molar-refractivity contribution in [3.63, 3.8) is 0 Å². The lowest BCUT2D eigenvalue weighted by Crippen LogP contribution is -2.42. The van der Waals surface area contributed by atoms with Crippen LogP contribution < -0.4 is 5.73 Å². The number of carbonyl (C=O) groups is 1. The van der Waals surface area contributed by atoms with E-state index < -0.39 is 0 Å². The molecule has 0 spiro atoms. The lowest BCUT2D eigenvalue weighted by atomic mass is 9.85. The lowest BCUT2D eigenvalue weighted by molar-refractivity contribution is -0.136. The van der Waals surface area contributed by atoms with Crippen molar-refractivity contribution in [1.82, 2.24) is 4.90 Å². The summed E-state index contributed by atoms with van der Waals surface area (Å²) in [6.45, 7) is 1.38. The predicted octanol–water partition coefficient (Wildman–Crippen LogP) is 2.58. The molecule has 1 heterocycles. The first-order chi connectivity index (χ1) is 10.4. The third kappa shape index (κ3) is 3.84. The number of benzene rings is 1. The highest BCUT2D eigenvalue weighted by atomic mass is 35.5. The van der Waals surface area contributed by atoms with Crippen LogP contribution in [-0.2, 0) is 9.53 Å². The Hall–Kier alpha value is -1.01. The first-order valence-electron chi connectivity index (χ1n) is 7.14. The normalized spacial score (nSPS) is 17.5. The van der Waals surface area contributed by atoms with Gasteiger partial charge in [-0.05, 0) is 24.8 Å². The van der Waals surface area contributed by atoms with Crippen molar-refractivity contribution in [2.75, 3.05) is 26.8 Å². The van der Waals surface area contributed by atoms with Gasteiger partial charge in [0.15, 0.2) is 0 Å². The first-order valence-corrected chi connectivity index (χ1v) is 7.89. The van der Waals surface area contributed by atoms with E-state index in [0.717, 1.165) is 12.8 Å². The Kier molecular flexibility index (Phi) is 5.92. The molecule has 3 N–H and O–H groups in total. The number of carbonyl (C=O) groups excluding carboxylic acids is 1. The van der Waals surface area contributed by atoms with Gasteiger partial charge in [0, 0.05) is 37.9 Å². The molecule has 2 rings (SSSR count). The number of nitrogens with two attached hydrogens (primary N) is 1. The maximum atomic E-state index is 11.8. The van der Waals surface area contributed by atoms with Crippen LogP contribution in [0.5, 0.6) is 5.75 Å². The highest BCUT2D eigenvalue weighted by molar-refractivity contribution is 6.42. The third-order valence-corrected chi connectivity index (χ3v) is 4.82. The second kappa shape index (κ2) is 7.51. The molecule has 1 aromatic rings. The van der Waals surface area contributed by atoms with Gasteiger partial charge in [-0.15, -0.1) is 0 Å². The van der Waals surface area contributed by atoms with Crippen LogP contribution in [0.2, 0.25) is 10.0 Å². The summed E-state index contributed by atoms with van der Waals surface area (Å²) in [5.41, 5.74) is 6.87. The Morgan fingerprint density at radius 1 is 1.41 bits per heavy atom. The minimum absolute atomic E-state index is 0.00749. The molecule has 0 aromatic heterocycles. The molecule has 0 saturated carbocycles. The zero-order valence-corrected chi connectivity index (χ0v) is 13.9. The molecule has 0 bridgehead atoms. The van der Waals surface area contributed by atoms with E-state index in [2.05, 4.69) is 0 Å². The molecule has 1 saturated heterocycles. The topological polar surface area (TPSA) is 75.8 Å². The SMILES string of the molecule is COCC(=O)N1CCC([C@@H](N)c2cc(Cl)c(Cl)cc2O)CC1. The maximum absolute atomic E-state index is 11.8. The molecule has 0 aliphatic carbocycles. The van der Waals surface area contributed by atoms with Gasteiger partial charge < -0.3 is 20.5 Å². The summed E-state index contributed by atoms with van der Waals surface area (Å²) in [7, 11) is 1.51. The van der Waals surface area contributed by atoms with Crippen molar-refractivity contribution < 1.29 is 14.6 Å². The molecule has 1 fully saturated rings. The van der Waals surface area contributed by atoms with Gasteiger partial charge in [0.05, 0.1) is 10.0 Å². The number of rotatable bonds is 4. The smallest absolute Gasteiger partial charge is 0.248 e. The Morgan fingerprint density at radius 2 is 2.00 bits per heavy atom. The number of methoxy groups -OCH3 is 1. The fraction of sp³-hybridized carbons (Fsp3) is 0.533. The molecule has 1 aliphatic rings. The van der Waals surface area contributed by atoms with E-state index >= 15 is 0 Å². The van der Waals surface area contributed by atoms with Crippen LogP contribution in [-0.4, -0.2) is 42.7 Å². The number of phenols is 1. The van der Waals surface area contributed by atoms with Crippen molar-refractivity contribution in [3.8, 4) is 5.75 Å². The van der Waals surface area contributed by atoms with E-state index in [0.29, 0.717) is 28.7 Å². The molecule has 1 atom stereocenters. The van der Waals surface area contributed by atoms with Crippen LogP contribution in [0.25, 0.3) is 0 Å². The van der Waals surface area contributed by atoms with E-state index in [9.17, 15) is 9.90 Å². The molecule has 0 radical (unpaired) electrons. The average Bonchev–Trinajstić information content (AvgIpc) is 2.50. The zero-order valence-electron chi connectivity index (χ0n) is 12.4. The number of ether oxygens (including phenoxy) is 1. The summed E-state index contributed by atoms with van der Waals surface area (Å²) in [5, 5.41) is 10.7. The van der Waals surface area contributed by atoms with E-state index in [1.807, 2.05) is 0 Å². The summed E-state index contributed by atoms with van der Waals surface area (Å²) in [6.07, 6.45) is 1.55. The largest absolute Gasteiger partial charge is 0.508 e. The van der Waals surface area contributed by atoms with Gasteiger partial charge in [0.25, 0.3) is 0 Å². The minimum Gasteiger partial charge on any atom is -0.508 e.